The zero-order chi connectivity index (χ0) is 45.1. The van der Waals surface area contributed by atoms with Gasteiger partial charge in [0.15, 0.2) is 0 Å². The predicted octanol–water partition coefficient (Wildman–Crippen LogP) is -0.628. The molecule has 0 aromatic heterocycles. The Morgan fingerprint density at radius 3 is 1.75 bits per heavy atom. The molecule has 2 fully saturated rings. The van der Waals surface area contributed by atoms with Crippen molar-refractivity contribution in [3.8, 4) is 0 Å². The average molecular weight is 964 g/mol. The lowest BCUT2D eigenvalue weighted by atomic mass is 9.84. The maximum atomic E-state index is 14.4. The first kappa shape index (κ1) is 51.2. The zero-order valence-corrected chi connectivity index (χ0v) is 36.2. The molecule has 0 aromatic rings. The van der Waals surface area contributed by atoms with E-state index in [-0.39, 0.29) is 38.1 Å². The lowest BCUT2D eigenvalue weighted by molar-refractivity contribution is -0.144. The van der Waals surface area contributed by atoms with Gasteiger partial charge in [0, 0.05) is 30.7 Å². The van der Waals surface area contributed by atoms with Crippen LogP contribution in [-0.2, 0) is 52.7 Å². The second kappa shape index (κ2) is 25.7. The van der Waals surface area contributed by atoms with Crippen molar-refractivity contribution in [1.82, 2.24) is 36.8 Å². The summed E-state index contributed by atoms with van der Waals surface area (Å²) in [7, 11) is 0. The molecule has 1 saturated carbocycles. The van der Waals surface area contributed by atoms with E-state index in [1.165, 1.54) is 4.90 Å². The van der Waals surface area contributed by atoms with Crippen molar-refractivity contribution >= 4 is 87.6 Å². The third kappa shape index (κ3) is 17.4. The van der Waals surface area contributed by atoms with Crippen LogP contribution in [0.25, 0.3) is 0 Å². The van der Waals surface area contributed by atoms with E-state index >= 15 is 0 Å². The van der Waals surface area contributed by atoms with E-state index in [0.29, 0.717) is 10.8 Å². The molecule has 22 heteroatoms. The number of alkyl halides is 1. The fraction of sp³-hybridized carbons (Fsp3) is 0.711. The van der Waals surface area contributed by atoms with Crippen LogP contribution in [0.1, 0.15) is 104 Å². The molecule has 0 radical (unpaired) electrons. The minimum absolute atomic E-state index is 0.0400. The fourth-order valence-corrected chi connectivity index (χ4v) is 7.79. The van der Waals surface area contributed by atoms with Gasteiger partial charge in [0.25, 0.3) is 5.91 Å². The van der Waals surface area contributed by atoms with Crippen LogP contribution in [0.2, 0.25) is 0 Å². The Balaban J connectivity index is 2.34. The molecule has 6 atom stereocenters. The molecule has 0 bridgehead atoms. The summed E-state index contributed by atoms with van der Waals surface area (Å²) >= 11 is 1.96. The maximum absolute atomic E-state index is 14.4. The van der Waals surface area contributed by atoms with Gasteiger partial charge in [0.1, 0.15) is 36.8 Å². The van der Waals surface area contributed by atoms with Gasteiger partial charge in [-0.05, 0) is 50.4 Å². The molecule has 60 heavy (non-hydrogen) atoms. The first-order valence-corrected chi connectivity index (χ1v) is 21.6. The maximum Gasteiger partial charge on any atom is 0.322 e. The Kier molecular flexibility index (Phi) is 21.9. The summed E-state index contributed by atoms with van der Waals surface area (Å²) in [5.41, 5.74) is 0. The zero-order valence-electron chi connectivity index (χ0n) is 34.1. The Labute approximate surface area is 361 Å². The number of nitrogens with one attached hydrogen (secondary N) is 6. The van der Waals surface area contributed by atoms with Crippen molar-refractivity contribution in [2.45, 2.75) is 140 Å². The third-order valence-corrected chi connectivity index (χ3v) is 10.9. The first-order chi connectivity index (χ1) is 28.2. The van der Waals surface area contributed by atoms with E-state index in [4.69, 9.17) is 10.2 Å². The van der Waals surface area contributed by atoms with Crippen LogP contribution in [0.3, 0.4) is 0 Å². The summed E-state index contributed by atoms with van der Waals surface area (Å²) in [6.45, 7) is 3.67. The molecular formula is C38H58IN7O14. The summed E-state index contributed by atoms with van der Waals surface area (Å²) in [5.74, 6) is -11.3. The predicted molar refractivity (Wildman–Crippen MR) is 219 cm³/mol. The van der Waals surface area contributed by atoms with Crippen LogP contribution in [0.5, 0.6) is 0 Å². The third-order valence-electron chi connectivity index (χ3n) is 10.3. The lowest BCUT2D eigenvalue weighted by Crippen LogP contribution is -2.60. The van der Waals surface area contributed by atoms with Crippen LogP contribution in [0.15, 0.2) is 0 Å². The number of carboxylic acids is 3. The SMILES string of the molecule is CC(=O)N[C@H](CCC(=O)O)C(=O)NC(CCC(=O)O)C(=O)NC(C(=O)NC(CC1CCCCC1)C(=O)N1CCC[C@H]1C(=O)NC(CCI)C(=O)C(=O)NCC(=O)O)C(C)C. The molecule has 1 aliphatic heterocycles. The standard InChI is InChI=1S/C38H58IN7O14/c1-20(2)31(45-34(56)25(12-14-29(50)51)43-33(55)24(41-21(3)47)11-13-28(48)49)36(58)44-26(18-22-8-5-4-6-9-22)38(60)46-17-7-10-27(46)35(57)42-23(15-16-39)32(54)37(59)40-19-30(52)53/h20,22-27,31H,4-19H2,1-3H3,(H,40,59)(H,41,47)(H,42,57)(H,43,55)(H,44,58)(H,45,56)(H,48,49)(H,50,51)(H,52,53)/t23?,24-,25?,26?,27+,31?/m1/s1. The van der Waals surface area contributed by atoms with Gasteiger partial charge < -0.3 is 52.1 Å². The minimum atomic E-state index is -1.53. The summed E-state index contributed by atoms with van der Waals surface area (Å²) in [4.78, 5) is 141. The van der Waals surface area contributed by atoms with Crippen LogP contribution >= 0.6 is 22.6 Å². The van der Waals surface area contributed by atoms with Crippen molar-refractivity contribution in [2.24, 2.45) is 11.8 Å². The van der Waals surface area contributed by atoms with Crippen molar-refractivity contribution < 1.29 is 68.1 Å². The average Bonchev–Trinajstić information content (AvgIpc) is 3.68. The Bertz CT molecular complexity index is 1600. The molecule has 2 aliphatic rings. The molecule has 1 saturated heterocycles. The smallest absolute Gasteiger partial charge is 0.322 e. The number of halogens is 1. The van der Waals surface area contributed by atoms with Gasteiger partial charge in [-0.15, -0.1) is 0 Å². The number of carboxylic acid groups (broad SMARTS) is 3. The van der Waals surface area contributed by atoms with Crippen LogP contribution in [0, 0.1) is 11.8 Å². The molecular weight excluding hydrogens is 905 g/mol. The highest BCUT2D eigenvalue weighted by atomic mass is 127. The molecule has 2 rings (SSSR count). The number of aliphatic carboxylic acids is 3. The number of rotatable bonds is 25. The summed E-state index contributed by atoms with van der Waals surface area (Å²) < 4.78 is 0.355. The van der Waals surface area contributed by atoms with Crippen molar-refractivity contribution in [2.75, 3.05) is 17.5 Å². The number of carbonyl (C=O) groups is 11. The molecule has 7 amide bonds. The molecule has 9 N–H and O–H groups in total. The number of nitrogens with zero attached hydrogens (tertiary/aromatic N) is 1. The number of likely N-dealkylation sites (tertiary alicyclic amines) is 1. The van der Waals surface area contributed by atoms with Gasteiger partial charge in [-0.1, -0.05) is 68.5 Å². The van der Waals surface area contributed by atoms with Gasteiger partial charge in [0.2, 0.25) is 41.2 Å². The summed E-state index contributed by atoms with van der Waals surface area (Å²) in [6.07, 6.45) is 3.45. The molecule has 4 unspecified atom stereocenters. The van der Waals surface area contributed by atoms with E-state index in [9.17, 15) is 57.8 Å². The number of hydrogen-bond acceptors (Lipinski definition) is 11. The van der Waals surface area contributed by atoms with Crippen LogP contribution in [-0.4, -0.2) is 139 Å². The summed E-state index contributed by atoms with van der Waals surface area (Å²) in [6, 6.07) is -7.72. The summed E-state index contributed by atoms with van der Waals surface area (Å²) in [5, 5.41) is 41.9. The highest BCUT2D eigenvalue weighted by molar-refractivity contribution is 14.1. The number of amides is 7. The minimum Gasteiger partial charge on any atom is -0.481 e. The van der Waals surface area contributed by atoms with Gasteiger partial charge >= 0.3 is 17.9 Å². The van der Waals surface area contributed by atoms with Crippen molar-refractivity contribution in [3.63, 3.8) is 0 Å². The Morgan fingerprint density at radius 2 is 1.22 bits per heavy atom. The second-order valence-electron chi connectivity index (χ2n) is 15.4. The molecule has 0 aromatic carbocycles. The van der Waals surface area contributed by atoms with E-state index in [1.54, 1.807) is 13.8 Å². The Morgan fingerprint density at radius 1 is 0.650 bits per heavy atom. The lowest BCUT2D eigenvalue weighted by Gasteiger charge is -2.33. The molecule has 1 heterocycles. The number of carbonyl (C=O) groups excluding carboxylic acids is 8. The normalized spacial score (nSPS) is 17.8. The molecule has 1 aliphatic carbocycles. The molecule has 0 spiro atoms. The van der Waals surface area contributed by atoms with Gasteiger partial charge in [0.05, 0.1) is 6.04 Å². The highest BCUT2D eigenvalue weighted by Crippen LogP contribution is 2.29. The molecule has 336 valence electrons. The highest BCUT2D eigenvalue weighted by Gasteiger charge is 2.41. The molecule has 21 nitrogen and oxygen atoms in total. The largest absolute Gasteiger partial charge is 0.481 e. The van der Waals surface area contributed by atoms with E-state index in [0.717, 1.165) is 39.0 Å². The van der Waals surface area contributed by atoms with Crippen LogP contribution in [0.4, 0.5) is 0 Å². The van der Waals surface area contributed by atoms with Crippen molar-refractivity contribution in [3.05, 3.63) is 0 Å². The second-order valence-corrected chi connectivity index (χ2v) is 16.5. The topological polar surface area (TPSA) is 324 Å². The fourth-order valence-electron chi connectivity index (χ4n) is 7.17. The van der Waals surface area contributed by atoms with E-state index in [2.05, 4.69) is 26.6 Å². The number of hydrogen-bond donors (Lipinski definition) is 9. The monoisotopic (exact) mass is 963 g/mol. The van der Waals surface area contributed by atoms with Gasteiger partial charge in [-0.3, -0.25) is 52.7 Å². The van der Waals surface area contributed by atoms with Crippen LogP contribution < -0.4 is 31.9 Å². The van der Waals surface area contributed by atoms with Gasteiger partial charge in [-0.25, -0.2) is 0 Å². The van der Waals surface area contributed by atoms with E-state index in [1.807, 2.05) is 27.9 Å². The quantitative estimate of drug-likeness (QED) is 0.0313. The Hall–Kier alpha value is -4.90. The first-order valence-electron chi connectivity index (χ1n) is 20.1. The number of ketones is 1. The van der Waals surface area contributed by atoms with E-state index < -0.39 is 133 Å². The van der Waals surface area contributed by atoms with Crippen molar-refractivity contribution in [1.29, 1.82) is 0 Å². The van der Waals surface area contributed by atoms with Gasteiger partial charge in [-0.2, -0.15) is 0 Å². The number of Topliss-reactive ketones (excluding diaryl/α,β-unsaturated/α-hetero) is 1.